The summed E-state index contributed by atoms with van der Waals surface area (Å²) < 4.78 is 0.741. The number of rotatable bonds is 0. The molecular weight excluding hydrogens is 188 g/mol. The fraction of sp³-hybridized carbons (Fsp3) is 0. The maximum Gasteiger partial charge on any atom is 0.116 e. The summed E-state index contributed by atoms with van der Waals surface area (Å²) in [6.45, 7) is 0. The lowest BCUT2D eigenvalue weighted by Gasteiger charge is -2.04. The van der Waals surface area contributed by atoms with Gasteiger partial charge >= 0.3 is 0 Å². The molecule has 0 amide bonds. The third-order valence-electron chi connectivity index (χ3n) is 1.18. The normalized spacial score (nSPS) is 9.70. The predicted octanol–water partition coefficient (Wildman–Crippen LogP) is -0.381. The molecule has 10 heavy (non-hydrogen) atoms. The number of nitrogens with two attached hydrogens (primary N) is 1. The van der Waals surface area contributed by atoms with E-state index in [1.807, 2.05) is 0 Å². The molecule has 1 nitrogen and oxygen atoms in total. The second kappa shape index (κ2) is 2.70. The van der Waals surface area contributed by atoms with E-state index in [-0.39, 0.29) is 0 Å². The van der Waals surface area contributed by atoms with Gasteiger partial charge in [-0.05, 0) is 15.9 Å². The zero-order chi connectivity index (χ0) is 7.72. The largest absolute Gasteiger partial charge is 0.398 e. The fourth-order valence-corrected chi connectivity index (χ4v) is 1.15. The van der Waals surface area contributed by atoms with Gasteiger partial charge in [0.25, 0.3) is 0 Å². The Morgan fingerprint density at radius 1 is 1.30 bits per heavy atom. The van der Waals surface area contributed by atoms with Crippen molar-refractivity contribution < 1.29 is 0 Å². The highest BCUT2D eigenvalue weighted by Crippen LogP contribution is 2.13. The molecule has 0 aliphatic rings. The Hall–Kier alpha value is -0.370. The van der Waals surface area contributed by atoms with Crippen LogP contribution in [0.25, 0.3) is 0 Å². The number of hydrogen-bond acceptors (Lipinski definition) is 1. The molecule has 1 rings (SSSR count). The summed E-state index contributed by atoms with van der Waals surface area (Å²) in [4.78, 5) is 0. The van der Waals surface area contributed by atoms with E-state index in [9.17, 15) is 0 Å². The van der Waals surface area contributed by atoms with E-state index in [2.05, 4.69) is 15.9 Å². The van der Waals surface area contributed by atoms with Crippen LogP contribution in [0.2, 0.25) is 0 Å². The maximum atomic E-state index is 5.52. The highest BCUT2D eigenvalue weighted by molar-refractivity contribution is 9.10. The Kier molecular flexibility index (Phi) is 2.09. The number of halogens is 1. The fourth-order valence-electron chi connectivity index (χ4n) is 0.661. The summed E-state index contributed by atoms with van der Waals surface area (Å²) >= 11 is 3.21. The van der Waals surface area contributed by atoms with Gasteiger partial charge in [0.2, 0.25) is 0 Å². The molecule has 1 aromatic carbocycles. The monoisotopic (exact) mass is 191 g/mol. The van der Waals surface area contributed by atoms with Gasteiger partial charge < -0.3 is 5.73 Å². The van der Waals surface area contributed by atoms with Gasteiger partial charge in [0.1, 0.15) is 15.7 Å². The second-order valence-electron chi connectivity index (χ2n) is 2.01. The van der Waals surface area contributed by atoms with Crippen LogP contribution in [-0.2, 0) is 0 Å². The van der Waals surface area contributed by atoms with Crippen molar-refractivity contribution in [3.63, 3.8) is 0 Å². The standard InChI is InChI=1S/C6H4B2BrN/c7-3-1-4(8)6(10)5(9)2-3/h1-2H,10H2. The van der Waals surface area contributed by atoms with Gasteiger partial charge in [0.15, 0.2) is 0 Å². The van der Waals surface area contributed by atoms with Crippen LogP contribution in [0.1, 0.15) is 0 Å². The summed E-state index contributed by atoms with van der Waals surface area (Å²) in [5, 5.41) is 0. The molecule has 1 aromatic rings. The summed E-state index contributed by atoms with van der Waals surface area (Å²) in [6.07, 6.45) is 0. The quantitative estimate of drug-likeness (QED) is 0.439. The van der Waals surface area contributed by atoms with Crippen LogP contribution in [0.5, 0.6) is 0 Å². The van der Waals surface area contributed by atoms with E-state index in [0.29, 0.717) is 16.6 Å². The van der Waals surface area contributed by atoms with E-state index in [1.54, 1.807) is 12.1 Å². The Labute approximate surface area is 70.9 Å². The topological polar surface area (TPSA) is 26.0 Å². The zero-order valence-corrected chi connectivity index (χ0v) is 6.85. The first-order valence-corrected chi connectivity index (χ1v) is 3.50. The van der Waals surface area contributed by atoms with Crippen molar-refractivity contribution >= 4 is 48.2 Å². The average Bonchev–Trinajstić information content (AvgIpc) is 1.82. The molecule has 0 atom stereocenters. The number of hydrogen-bond donors (Lipinski definition) is 1. The van der Waals surface area contributed by atoms with Crippen molar-refractivity contribution in [3.05, 3.63) is 16.6 Å². The smallest absolute Gasteiger partial charge is 0.116 e. The van der Waals surface area contributed by atoms with Gasteiger partial charge in [-0.2, -0.15) is 0 Å². The van der Waals surface area contributed by atoms with Gasteiger partial charge in [-0.15, -0.1) is 0 Å². The summed E-state index contributed by atoms with van der Waals surface area (Å²) in [6, 6.07) is 3.34. The molecule has 0 spiro atoms. The van der Waals surface area contributed by atoms with Gasteiger partial charge in [-0.1, -0.05) is 23.1 Å². The molecule has 4 radical (unpaired) electrons. The lowest BCUT2D eigenvalue weighted by Crippen LogP contribution is -2.17. The molecule has 0 bridgehead atoms. The third-order valence-corrected chi connectivity index (χ3v) is 1.84. The summed E-state index contributed by atoms with van der Waals surface area (Å²) in [5.41, 5.74) is 7.18. The van der Waals surface area contributed by atoms with Crippen LogP contribution < -0.4 is 16.7 Å². The lowest BCUT2D eigenvalue weighted by molar-refractivity contribution is 1.72. The van der Waals surface area contributed by atoms with E-state index < -0.39 is 0 Å². The first kappa shape index (κ1) is 7.73. The van der Waals surface area contributed by atoms with Crippen LogP contribution in [0.4, 0.5) is 5.69 Å². The minimum atomic E-state index is 0.506. The molecule has 0 fully saturated rings. The summed E-state index contributed by atoms with van der Waals surface area (Å²) in [7, 11) is 10.9. The predicted molar refractivity (Wildman–Crippen MR) is 49.3 cm³/mol. The highest BCUT2D eigenvalue weighted by Gasteiger charge is 1.97. The molecule has 0 saturated heterocycles. The molecule has 0 unspecified atom stereocenters. The Morgan fingerprint density at radius 2 is 1.90 bits per heavy atom. The van der Waals surface area contributed by atoms with Gasteiger partial charge in [0, 0.05) is 10.2 Å². The van der Waals surface area contributed by atoms with Crippen molar-refractivity contribution in [2.24, 2.45) is 0 Å². The minimum Gasteiger partial charge on any atom is -0.398 e. The molecule has 4 heteroatoms. The molecule has 0 saturated carbocycles. The van der Waals surface area contributed by atoms with Crippen LogP contribution in [0.15, 0.2) is 16.6 Å². The minimum absolute atomic E-state index is 0.506. The molecular formula is C6H4B2BrN. The van der Waals surface area contributed by atoms with Crippen molar-refractivity contribution in [1.82, 2.24) is 0 Å². The van der Waals surface area contributed by atoms with Gasteiger partial charge in [-0.3, -0.25) is 0 Å². The second-order valence-corrected chi connectivity index (χ2v) is 2.86. The van der Waals surface area contributed by atoms with Crippen molar-refractivity contribution in [2.75, 3.05) is 5.73 Å². The Balaban J connectivity index is 3.31. The van der Waals surface area contributed by atoms with Crippen LogP contribution >= 0.6 is 15.9 Å². The van der Waals surface area contributed by atoms with Crippen molar-refractivity contribution in [1.29, 1.82) is 0 Å². The lowest BCUT2D eigenvalue weighted by atomic mass is 9.86. The maximum absolute atomic E-state index is 5.52. The molecule has 0 aliphatic heterocycles. The SMILES string of the molecule is [B]c1cc([B])c(N)c(Br)c1. The van der Waals surface area contributed by atoms with Gasteiger partial charge in [-0.25, -0.2) is 0 Å². The van der Waals surface area contributed by atoms with E-state index in [1.165, 1.54) is 0 Å². The number of nitrogen functional groups attached to an aromatic ring is 1. The third kappa shape index (κ3) is 1.37. The number of benzene rings is 1. The summed E-state index contributed by atoms with van der Waals surface area (Å²) in [5.74, 6) is 0. The van der Waals surface area contributed by atoms with E-state index in [4.69, 9.17) is 21.4 Å². The molecule has 0 aliphatic carbocycles. The van der Waals surface area contributed by atoms with E-state index in [0.717, 1.165) is 4.47 Å². The van der Waals surface area contributed by atoms with Crippen molar-refractivity contribution in [3.8, 4) is 0 Å². The average molecular weight is 192 g/mol. The first-order chi connectivity index (χ1) is 4.61. The van der Waals surface area contributed by atoms with Crippen LogP contribution in [0, 0.1) is 0 Å². The molecule has 2 N–H and O–H groups in total. The Bertz CT molecular complexity index is 239. The van der Waals surface area contributed by atoms with Crippen molar-refractivity contribution in [2.45, 2.75) is 0 Å². The van der Waals surface area contributed by atoms with E-state index >= 15 is 0 Å². The molecule has 0 aromatic heterocycles. The Morgan fingerprint density at radius 3 is 2.40 bits per heavy atom. The van der Waals surface area contributed by atoms with Crippen LogP contribution in [-0.4, -0.2) is 15.7 Å². The zero-order valence-electron chi connectivity index (χ0n) is 5.26. The first-order valence-electron chi connectivity index (χ1n) is 2.71. The molecule has 0 heterocycles. The van der Waals surface area contributed by atoms with Gasteiger partial charge in [0.05, 0.1) is 0 Å². The highest BCUT2D eigenvalue weighted by atomic mass is 79.9. The van der Waals surface area contributed by atoms with Crippen LogP contribution in [0.3, 0.4) is 0 Å². The number of anilines is 1. The molecule has 46 valence electrons.